The van der Waals surface area contributed by atoms with Gasteiger partial charge in [0.1, 0.15) is 5.82 Å². The molecule has 0 aliphatic carbocycles. The second-order valence-electron chi connectivity index (χ2n) is 6.64. The maximum atomic E-state index is 6.03. The molecular weight excluding hydrogens is 210 g/mol. The monoisotopic (exact) mass is 235 g/mol. The second kappa shape index (κ2) is 4.55. The molecular formula is C14H25N3. The Hall–Kier alpha value is -1.25. The maximum absolute atomic E-state index is 6.03. The predicted octanol–water partition coefficient (Wildman–Crippen LogP) is 3.60. The molecule has 1 aromatic rings. The first-order valence-electron chi connectivity index (χ1n) is 6.10. The van der Waals surface area contributed by atoms with E-state index in [2.05, 4.69) is 44.9 Å². The van der Waals surface area contributed by atoms with Gasteiger partial charge in [-0.1, -0.05) is 20.8 Å². The highest BCUT2D eigenvalue weighted by Gasteiger charge is 2.26. The van der Waals surface area contributed by atoms with Gasteiger partial charge in [-0.15, -0.1) is 0 Å². The van der Waals surface area contributed by atoms with E-state index < -0.39 is 0 Å². The Labute approximate surface area is 105 Å². The van der Waals surface area contributed by atoms with Gasteiger partial charge in [-0.3, -0.25) is 0 Å². The minimum atomic E-state index is -0.0207. The second-order valence-corrected chi connectivity index (χ2v) is 6.64. The molecule has 0 radical (unpaired) electrons. The molecule has 1 heterocycles. The number of nitrogens with two attached hydrogens (primary N) is 1. The van der Waals surface area contributed by atoms with Crippen molar-refractivity contribution in [1.29, 1.82) is 0 Å². The molecule has 0 saturated heterocycles. The summed E-state index contributed by atoms with van der Waals surface area (Å²) in [5, 5.41) is 3.45. The van der Waals surface area contributed by atoms with Crippen molar-refractivity contribution in [2.45, 2.75) is 53.5 Å². The largest absolute Gasteiger partial charge is 0.396 e. The molecule has 3 N–H and O–H groups in total. The van der Waals surface area contributed by atoms with Gasteiger partial charge in [-0.25, -0.2) is 4.98 Å². The van der Waals surface area contributed by atoms with Crippen molar-refractivity contribution in [3.8, 4) is 0 Å². The van der Waals surface area contributed by atoms with Crippen molar-refractivity contribution in [3.05, 3.63) is 17.8 Å². The molecule has 0 fully saturated rings. The molecule has 17 heavy (non-hydrogen) atoms. The topological polar surface area (TPSA) is 50.9 Å². The normalized spacial score (nSPS) is 12.6. The third-order valence-corrected chi connectivity index (χ3v) is 2.64. The van der Waals surface area contributed by atoms with E-state index in [1.807, 2.05) is 13.0 Å². The first-order chi connectivity index (χ1) is 7.61. The number of nitrogen functional groups attached to an aromatic ring is 1. The number of hydrogen-bond donors (Lipinski definition) is 2. The Morgan fingerprint density at radius 1 is 1.24 bits per heavy atom. The highest BCUT2D eigenvalue weighted by molar-refractivity contribution is 5.65. The summed E-state index contributed by atoms with van der Waals surface area (Å²) in [7, 11) is 0. The number of nitrogens with one attached hydrogen (secondary N) is 1. The van der Waals surface area contributed by atoms with E-state index in [1.54, 1.807) is 6.20 Å². The zero-order valence-electron chi connectivity index (χ0n) is 11.9. The zero-order chi connectivity index (χ0) is 13.3. The quantitative estimate of drug-likeness (QED) is 0.841. The number of nitrogens with zero attached hydrogens (tertiary/aromatic N) is 1. The van der Waals surface area contributed by atoms with Crippen molar-refractivity contribution in [2.24, 2.45) is 5.41 Å². The Morgan fingerprint density at radius 3 is 2.35 bits per heavy atom. The van der Waals surface area contributed by atoms with Gasteiger partial charge in [0.15, 0.2) is 0 Å². The molecule has 0 saturated carbocycles. The van der Waals surface area contributed by atoms with Crippen molar-refractivity contribution in [1.82, 2.24) is 4.98 Å². The number of aryl methyl sites for hydroxylation is 1. The Kier molecular flexibility index (Phi) is 3.70. The number of hydrogen-bond acceptors (Lipinski definition) is 3. The van der Waals surface area contributed by atoms with Crippen LogP contribution in [-0.2, 0) is 0 Å². The number of pyridine rings is 1. The summed E-state index contributed by atoms with van der Waals surface area (Å²) in [6.45, 7) is 13.1. The number of anilines is 2. The van der Waals surface area contributed by atoms with Crippen molar-refractivity contribution in [2.75, 3.05) is 11.1 Å². The molecule has 3 nitrogen and oxygen atoms in total. The summed E-state index contributed by atoms with van der Waals surface area (Å²) in [6, 6.07) is 1.93. The van der Waals surface area contributed by atoms with Gasteiger partial charge in [0.25, 0.3) is 0 Å². The fraction of sp³-hybridized carbons (Fsp3) is 0.643. The molecule has 0 spiro atoms. The first-order valence-corrected chi connectivity index (χ1v) is 6.10. The van der Waals surface area contributed by atoms with Crippen molar-refractivity contribution < 1.29 is 0 Å². The van der Waals surface area contributed by atoms with Gasteiger partial charge >= 0.3 is 0 Å². The summed E-state index contributed by atoms with van der Waals surface area (Å²) in [5.41, 5.74) is 8.09. The maximum Gasteiger partial charge on any atom is 0.149 e. The van der Waals surface area contributed by atoms with Crippen molar-refractivity contribution >= 4 is 11.5 Å². The van der Waals surface area contributed by atoms with Crippen LogP contribution in [-0.4, -0.2) is 10.5 Å². The van der Waals surface area contributed by atoms with E-state index in [4.69, 9.17) is 5.73 Å². The van der Waals surface area contributed by atoms with Gasteiger partial charge in [-0.2, -0.15) is 0 Å². The van der Waals surface area contributed by atoms with Crippen LogP contribution >= 0.6 is 0 Å². The summed E-state index contributed by atoms with van der Waals surface area (Å²) >= 11 is 0. The Bertz CT molecular complexity index is 389. The van der Waals surface area contributed by atoms with Crippen LogP contribution in [0.4, 0.5) is 11.5 Å². The van der Waals surface area contributed by atoms with Crippen molar-refractivity contribution in [3.63, 3.8) is 0 Å². The van der Waals surface area contributed by atoms with E-state index in [-0.39, 0.29) is 11.0 Å². The molecule has 0 unspecified atom stereocenters. The smallest absolute Gasteiger partial charge is 0.149 e. The lowest BCUT2D eigenvalue weighted by atomic mass is 9.82. The van der Waals surface area contributed by atoms with Crippen LogP contribution in [0.15, 0.2) is 12.3 Å². The van der Waals surface area contributed by atoms with E-state index in [0.29, 0.717) is 0 Å². The van der Waals surface area contributed by atoms with E-state index in [9.17, 15) is 0 Å². The number of aromatic nitrogens is 1. The highest BCUT2D eigenvalue weighted by atomic mass is 15.1. The lowest BCUT2D eigenvalue weighted by Crippen LogP contribution is -2.36. The molecule has 3 heteroatoms. The summed E-state index contributed by atoms with van der Waals surface area (Å²) in [5.74, 6) is 0.791. The van der Waals surface area contributed by atoms with Crippen LogP contribution in [0.5, 0.6) is 0 Å². The molecule has 0 bridgehead atoms. The van der Waals surface area contributed by atoms with Gasteiger partial charge in [0.05, 0.1) is 5.69 Å². The third kappa shape index (κ3) is 4.25. The van der Waals surface area contributed by atoms with Crippen LogP contribution in [0, 0.1) is 12.3 Å². The van der Waals surface area contributed by atoms with E-state index >= 15 is 0 Å². The first kappa shape index (κ1) is 13.8. The SMILES string of the molecule is Cc1ccnc(NC(C)(C)CC(C)(C)C)c1N. The van der Waals surface area contributed by atoms with Gasteiger partial charge in [0.2, 0.25) is 0 Å². The number of rotatable bonds is 3. The standard InChI is InChI=1S/C14H25N3/c1-10-7-8-16-12(11(10)15)17-14(5,6)9-13(2,3)4/h7-8H,9,15H2,1-6H3,(H,16,17). The van der Waals surface area contributed by atoms with Crippen LogP contribution in [0.3, 0.4) is 0 Å². The average molecular weight is 235 g/mol. The molecule has 0 atom stereocenters. The van der Waals surface area contributed by atoms with E-state index in [0.717, 1.165) is 23.5 Å². The summed E-state index contributed by atoms with van der Waals surface area (Å²) in [4.78, 5) is 4.32. The molecule has 96 valence electrons. The Balaban J connectivity index is 2.87. The van der Waals surface area contributed by atoms with Gasteiger partial charge in [0, 0.05) is 11.7 Å². The fourth-order valence-electron chi connectivity index (χ4n) is 2.36. The molecule has 1 rings (SSSR count). The van der Waals surface area contributed by atoms with Crippen LogP contribution < -0.4 is 11.1 Å². The van der Waals surface area contributed by atoms with Crippen LogP contribution in [0.25, 0.3) is 0 Å². The molecule has 0 aliphatic heterocycles. The van der Waals surface area contributed by atoms with E-state index in [1.165, 1.54) is 0 Å². The van der Waals surface area contributed by atoms with Crippen LogP contribution in [0.2, 0.25) is 0 Å². The lowest BCUT2D eigenvalue weighted by Gasteiger charge is -2.34. The third-order valence-electron chi connectivity index (χ3n) is 2.64. The highest BCUT2D eigenvalue weighted by Crippen LogP contribution is 2.31. The molecule has 0 aromatic carbocycles. The Morgan fingerprint density at radius 2 is 1.82 bits per heavy atom. The summed E-state index contributed by atoms with van der Waals surface area (Å²) in [6.07, 6.45) is 2.84. The van der Waals surface area contributed by atoms with Gasteiger partial charge in [-0.05, 0) is 44.2 Å². The van der Waals surface area contributed by atoms with Crippen LogP contribution in [0.1, 0.15) is 46.6 Å². The molecule has 0 aliphatic rings. The zero-order valence-corrected chi connectivity index (χ0v) is 11.9. The minimum Gasteiger partial charge on any atom is -0.396 e. The average Bonchev–Trinajstić information content (AvgIpc) is 2.08. The lowest BCUT2D eigenvalue weighted by molar-refractivity contribution is 0.302. The van der Waals surface area contributed by atoms with Gasteiger partial charge < -0.3 is 11.1 Å². The predicted molar refractivity (Wildman–Crippen MR) is 75.2 cm³/mol. The molecule has 0 amide bonds. The fourth-order valence-corrected chi connectivity index (χ4v) is 2.36. The summed E-state index contributed by atoms with van der Waals surface area (Å²) < 4.78 is 0. The molecule has 1 aromatic heterocycles. The minimum absolute atomic E-state index is 0.0207.